The van der Waals surface area contributed by atoms with E-state index in [1.54, 1.807) is 11.3 Å². The molecule has 3 heteroatoms. The van der Waals surface area contributed by atoms with Crippen molar-refractivity contribution in [3.05, 3.63) is 21.9 Å². The summed E-state index contributed by atoms with van der Waals surface area (Å²) in [5.74, 6) is -0.324. The Hall–Kier alpha value is -0.830. The Bertz CT molecular complexity index is 276. The maximum absolute atomic E-state index is 10.4. The lowest BCUT2D eigenvalue weighted by molar-refractivity contribution is -0.136. The first kappa shape index (κ1) is 9.26. The van der Waals surface area contributed by atoms with E-state index < -0.39 is 5.97 Å². The number of rotatable bonds is 3. The normalized spacial score (nSPS) is 10.6. The smallest absolute Gasteiger partial charge is 0.307 e. The molecular weight excluding hydrogens is 172 g/mol. The van der Waals surface area contributed by atoms with Gasteiger partial charge in [-0.2, -0.15) is 0 Å². The number of aliphatic carboxylic acids is 1. The van der Waals surface area contributed by atoms with E-state index in [0.29, 0.717) is 5.92 Å². The van der Waals surface area contributed by atoms with Gasteiger partial charge >= 0.3 is 5.97 Å². The lowest BCUT2D eigenvalue weighted by Gasteiger charge is -2.03. The lowest BCUT2D eigenvalue weighted by Crippen LogP contribution is -2.01. The number of thiophene rings is 1. The number of carboxylic acid groups (broad SMARTS) is 1. The molecule has 0 spiro atoms. The van der Waals surface area contributed by atoms with Gasteiger partial charge in [-0.1, -0.05) is 13.8 Å². The zero-order valence-corrected chi connectivity index (χ0v) is 8.02. The fraction of sp³-hybridized carbons (Fsp3) is 0.444. The van der Waals surface area contributed by atoms with Crippen LogP contribution in [0.15, 0.2) is 11.4 Å². The van der Waals surface area contributed by atoms with Gasteiger partial charge in [0.05, 0.1) is 6.42 Å². The Labute approximate surface area is 75.9 Å². The molecule has 1 aromatic rings. The maximum atomic E-state index is 10.4. The minimum atomic E-state index is -0.754. The van der Waals surface area contributed by atoms with Crippen molar-refractivity contribution in [2.45, 2.75) is 26.2 Å². The Morgan fingerprint density at radius 1 is 1.67 bits per heavy atom. The summed E-state index contributed by atoms with van der Waals surface area (Å²) in [6.45, 7) is 4.16. The zero-order valence-electron chi connectivity index (χ0n) is 7.20. The molecule has 0 saturated carbocycles. The van der Waals surface area contributed by atoms with Gasteiger partial charge in [-0.3, -0.25) is 4.79 Å². The fourth-order valence-electron chi connectivity index (χ4n) is 1.16. The molecule has 0 aliphatic carbocycles. The van der Waals surface area contributed by atoms with Crippen LogP contribution in [-0.2, 0) is 11.2 Å². The molecule has 0 aliphatic heterocycles. The van der Waals surface area contributed by atoms with Crippen LogP contribution < -0.4 is 0 Å². The van der Waals surface area contributed by atoms with Crippen LogP contribution in [0.1, 0.15) is 30.2 Å². The Kier molecular flexibility index (Phi) is 2.87. The van der Waals surface area contributed by atoms with Crippen LogP contribution in [-0.4, -0.2) is 11.1 Å². The van der Waals surface area contributed by atoms with Gasteiger partial charge < -0.3 is 5.11 Å². The first-order valence-corrected chi connectivity index (χ1v) is 4.77. The highest BCUT2D eigenvalue weighted by Gasteiger charge is 2.10. The van der Waals surface area contributed by atoms with Crippen molar-refractivity contribution in [1.29, 1.82) is 0 Å². The standard InChI is InChI=1S/C9H12O2S/c1-6(2)9-7(3-4-12-9)5-8(10)11/h3-4,6H,5H2,1-2H3,(H,10,11). The summed E-state index contributed by atoms with van der Waals surface area (Å²) in [4.78, 5) is 11.6. The van der Waals surface area contributed by atoms with Crippen molar-refractivity contribution < 1.29 is 9.90 Å². The van der Waals surface area contributed by atoms with Crippen LogP contribution in [0.4, 0.5) is 0 Å². The van der Waals surface area contributed by atoms with Crippen molar-refractivity contribution in [3.8, 4) is 0 Å². The van der Waals surface area contributed by atoms with Crippen molar-refractivity contribution in [1.82, 2.24) is 0 Å². The summed E-state index contributed by atoms with van der Waals surface area (Å²) < 4.78 is 0. The molecule has 0 radical (unpaired) electrons. The summed E-state index contributed by atoms with van der Waals surface area (Å²) in [6, 6.07) is 1.90. The minimum absolute atomic E-state index is 0.150. The van der Waals surface area contributed by atoms with Crippen LogP contribution in [0.2, 0.25) is 0 Å². The minimum Gasteiger partial charge on any atom is -0.481 e. The van der Waals surface area contributed by atoms with Gasteiger partial charge in [-0.25, -0.2) is 0 Å². The molecule has 0 fully saturated rings. The molecule has 1 heterocycles. The van der Waals surface area contributed by atoms with Gasteiger partial charge in [0.25, 0.3) is 0 Å². The second-order valence-corrected chi connectivity index (χ2v) is 3.98. The van der Waals surface area contributed by atoms with Crippen molar-refractivity contribution in [2.24, 2.45) is 0 Å². The summed E-state index contributed by atoms with van der Waals surface area (Å²) in [6.07, 6.45) is 0.150. The monoisotopic (exact) mass is 184 g/mol. The summed E-state index contributed by atoms with van der Waals surface area (Å²) in [5, 5.41) is 10.5. The van der Waals surface area contributed by atoms with E-state index in [-0.39, 0.29) is 6.42 Å². The highest BCUT2D eigenvalue weighted by molar-refractivity contribution is 7.10. The van der Waals surface area contributed by atoms with E-state index in [1.165, 1.54) is 4.88 Å². The summed E-state index contributed by atoms with van der Waals surface area (Å²) >= 11 is 1.64. The maximum Gasteiger partial charge on any atom is 0.307 e. The molecule has 0 bridgehead atoms. The molecular formula is C9H12O2S. The molecule has 0 atom stereocenters. The number of hydrogen-bond acceptors (Lipinski definition) is 2. The van der Waals surface area contributed by atoms with Crippen LogP contribution in [0, 0.1) is 0 Å². The van der Waals surface area contributed by atoms with Crippen molar-refractivity contribution in [3.63, 3.8) is 0 Å². The fourth-order valence-corrected chi connectivity index (χ4v) is 2.11. The molecule has 0 aromatic carbocycles. The van der Waals surface area contributed by atoms with E-state index in [2.05, 4.69) is 13.8 Å². The molecule has 1 N–H and O–H groups in total. The van der Waals surface area contributed by atoms with Crippen molar-refractivity contribution in [2.75, 3.05) is 0 Å². The average Bonchev–Trinajstić information content (AvgIpc) is 2.33. The molecule has 66 valence electrons. The van der Waals surface area contributed by atoms with Crippen LogP contribution in [0.25, 0.3) is 0 Å². The van der Waals surface area contributed by atoms with Gasteiger partial charge in [-0.15, -0.1) is 11.3 Å². The second-order valence-electron chi connectivity index (χ2n) is 3.04. The Morgan fingerprint density at radius 3 is 2.83 bits per heavy atom. The van der Waals surface area contributed by atoms with Crippen LogP contribution >= 0.6 is 11.3 Å². The molecule has 0 unspecified atom stereocenters. The van der Waals surface area contributed by atoms with Crippen LogP contribution in [0.5, 0.6) is 0 Å². The largest absolute Gasteiger partial charge is 0.481 e. The molecule has 0 aliphatic rings. The topological polar surface area (TPSA) is 37.3 Å². The third-order valence-corrected chi connectivity index (χ3v) is 2.91. The highest BCUT2D eigenvalue weighted by atomic mass is 32.1. The molecule has 2 nitrogen and oxygen atoms in total. The van der Waals surface area contributed by atoms with E-state index >= 15 is 0 Å². The van der Waals surface area contributed by atoms with Gasteiger partial charge in [0.1, 0.15) is 0 Å². The first-order valence-electron chi connectivity index (χ1n) is 3.89. The average molecular weight is 184 g/mol. The van der Waals surface area contributed by atoms with Crippen LogP contribution in [0.3, 0.4) is 0 Å². The molecule has 12 heavy (non-hydrogen) atoms. The highest BCUT2D eigenvalue weighted by Crippen LogP contribution is 2.25. The van der Waals surface area contributed by atoms with E-state index in [0.717, 1.165) is 5.56 Å². The molecule has 1 rings (SSSR count). The predicted octanol–water partition coefficient (Wildman–Crippen LogP) is 2.50. The van der Waals surface area contributed by atoms with E-state index in [9.17, 15) is 4.79 Å². The predicted molar refractivity (Wildman–Crippen MR) is 49.7 cm³/mol. The van der Waals surface area contributed by atoms with E-state index in [4.69, 9.17) is 5.11 Å². The van der Waals surface area contributed by atoms with Crippen molar-refractivity contribution >= 4 is 17.3 Å². The van der Waals surface area contributed by atoms with Gasteiger partial charge in [-0.05, 0) is 22.9 Å². The number of carbonyl (C=O) groups is 1. The molecule has 0 amide bonds. The number of carboxylic acids is 1. The van der Waals surface area contributed by atoms with Gasteiger partial charge in [0, 0.05) is 4.88 Å². The summed E-state index contributed by atoms with van der Waals surface area (Å²) in [5.41, 5.74) is 0.961. The quantitative estimate of drug-likeness (QED) is 0.783. The Balaban J connectivity index is 2.84. The zero-order chi connectivity index (χ0) is 9.14. The first-order chi connectivity index (χ1) is 5.61. The van der Waals surface area contributed by atoms with E-state index in [1.807, 2.05) is 11.4 Å². The van der Waals surface area contributed by atoms with Gasteiger partial charge in [0.15, 0.2) is 0 Å². The third kappa shape index (κ3) is 2.08. The molecule has 0 saturated heterocycles. The second kappa shape index (κ2) is 3.72. The number of hydrogen-bond donors (Lipinski definition) is 1. The summed E-state index contributed by atoms with van der Waals surface area (Å²) in [7, 11) is 0. The SMILES string of the molecule is CC(C)c1sccc1CC(=O)O. The molecule has 1 aromatic heterocycles. The lowest BCUT2D eigenvalue weighted by atomic mass is 10.1. The Morgan fingerprint density at radius 2 is 2.33 bits per heavy atom. The third-order valence-electron chi connectivity index (χ3n) is 1.65. The van der Waals surface area contributed by atoms with Gasteiger partial charge in [0.2, 0.25) is 0 Å².